The van der Waals surface area contributed by atoms with E-state index < -0.39 is 115 Å². The van der Waals surface area contributed by atoms with E-state index in [9.17, 15) is 34.8 Å². The molecule has 3 amide bonds. The van der Waals surface area contributed by atoms with Gasteiger partial charge in [-0.05, 0) is 92.7 Å². The minimum absolute atomic E-state index is 0.0697. The number of likely N-dealkylation sites (N-methyl/N-ethyl adjacent to an activating group) is 1. The van der Waals surface area contributed by atoms with Gasteiger partial charge in [-0.2, -0.15) is 0 Å². The zero-order valence-corrected chi connectivity index (χ0v) is 33.2. The molecule has 3 fully saturated rings. The van der Waals surface area contributed by atoms with E-state index >= 15 is 0 Å². The summed E-state index contributed by atoms with van der Waals surface area (Å²) in [6.45, 7) is 11.8. The van der Waals surface area contributed by atoms with E-state index in [-0.39, 0.29) is 6.42 Å². The summed E-state index contributed by atoms with van der Waals surface area (Å²) >= 11 is 0. The van der Waals surface area contributed by atoms with Gasteiger partial charge in [-0.15, -0.1) is 0 Å². The minimum Gasteiger partial charge on any atom is -0.467 e. The van der Waals surface area contributed by atoms with Crippen LogP contribution in [0.4, 0.5) is 9.59 Å². The van der Waals surface area contributed by atoms with E-state index in [4.69, 9.17) is 39.9 Å². The molecule has 0 spiro atoms. The standard InChI is InChI=1S/C36H64N6O13/c1-34(2,3)54-32(47)40-16-23(43)29(46)41-22-13-21(38)26(52-30-20(37)12-11-19(51-30)15-39-14-18-9-10-18)24(44)27(22)53-31-25(45)28(36(7,49)17-50-31)42(8)33(48)55-35(4,5)6/h11,18,20-28,30-31,39,43-45,49H,9-10,12-17,37-38H2,1-8H3,(H,40,47)(H,41,46)/t20-,21+,22-,23+,24+,25-,26-,27+,28-,30-,31-,36+/m1/s1. The van der Waals surface area contributed by atoms with Gasteiger partial charge < -0.3 is 81.2 Å². The molecule has 316 valence electrons. The molecular weight excluding hydrogens is 724 g/mol. The highest BCUT2D eigenvalue weighted by molar-refractivity contribution is 5.81. The Morgan fingerprint density at radius 1 is 1.00 bits per heavy atom. The number of aliphatic hydroxyl groups is 4. The Balaban J connectivity index is 1.53. The fourth-order valence-electron chi connectivity index (χ4n) is 6.71. The van der Waals surface area contributed by atoms with Crippen LogP contribution in [0.1, 0.15) is 74.1 Å². The van der Waals surface area contributed by atoms with Crippen LogP contribution in [0.3, 0.4) is 0 Å². The number of hydrogen-bond donors (Lipinski definition) is 9. The number of nitrogens with two attached hydrogens (primary N) is 2. The number of amides is 3. The lowest BCUT2D eigenvalue weighted by atomic mass is 9.83. The number of nitrogens with one attached hydrogen (secondary N) is 3. The Labute approximate surface area is 322 Å². The molecule has 0 bridgehead atoms. The molecule has 1 saturated heterocycles. The Kier molecular flexibility index (Phi) is 14.8. The summed E-state index contributed by atoms with van der Waals surface area (Å²) in [5.41, 5.74) is 9.48. The normalized spacial score (nSPS) is 34.8. The van der Waals surface area contributed by atoms with Gasteiger partial charge in [0.1, 0.15) is 53.1 Å². The van der Waals surface area contributed by atoms with Crippen LogP contribution in [0.5, 0.6) is 0 Å². The molecule has 0 aromatic carbocycles. The second-order valence-electron chi connectivity index (χ2n) is 17.3. The summed E-state index contributed by atoms with van der Waals surface area (Å²) in [5, 5.41) is 53.7. The molecule has 2 saturated carbocycles. The highest BCUT2D eigenvalue weighted by Gasteiger charge is 2.54. The Morgan fingerprint density at radius 3 is 2.25 bits per heavy atom. The molecule has 0 radical (unpaired) electrons. The molecule has 11 N–H and O–H groups in total. The number of rotatable bonds is 13. The Hall–Kier alpha value is -2.85. The average Bonchev–Trinajstić information content (AvgIpc) is 3.88. The number of nitrogens with zero attached hydrogens (tertiary/aromatic N) is 1. The van der Waals surface area contributed by atoms with Crippen molar-refractivity contribution in [3.05, 3.63) is 11.8 Å². The topological polar surface area (TPSA) is 279 Å². The maximum Gasteiger partial charge on any atom is 0.410 e. The molecule has 0 unspecified atom stereocenters. The summed E-state index contributed by atoms with van der Waals surface area (Å²) < 4.78 is 34.9. The van der Waals surface area contributed by atoms with Gasteiger partial charge in [-0.3, -0.25) is 4.79 Å². The molecule has 4 rings (SSSR count). The lowest BCUT2D eigenvalue weighted by Gasteiger charge is -2.50. The zero-order chi connectivity index (χ0) is 41.0. The third-order valence-corrected chi connectivity index (χ3v) is 9.61. The van der Waals surface area contributed by atoms with Crippen molar-refractivity contribution in [1.82, 2.24) is 20.9 Å². The third kappa shape index (κ3) is 12.8. The van der Waals surface area contributed by atoms with Crippen LogP contribution in [0.15, 0.2) is 11.8 Å². The monoisotopic (exact) mass is 788 g/mol. The minimum atomic E-state index is -1.77. The van der Waals surface area contributed by atoms with Crippen LogP contribution in [-0.4, -0.2) is 161 Å². The number of ether oxygens (including phenoxy) is 6. The molecule has 19 heteroatoms. The van der Waals surface area contributed by atoms with Crippen molar-refractivity contribution in [1.29, 1.82) is 0 Å². The fraction of sp³-hybridized carbons (Fsp3) is 0.861. The number of carbonyl (C=O) groups is 3. The van der Waals surface area contributed by atoms with Crippen molar-refractivity contribution in [3.63, 3.8) is 0 Å². The van der Waals surface area contributed by atoms with Gasteiger partial charge >= 0.3 is 12.2 Å². The van der Waals surface area contributed by atoms with E-state index in [1.165, 1.54) is 26.8 Å². The zero-order valence-electron chi connectivity index (χ0n) is 33.2. The van der Waals surface area contributed by atoms with Crippen molar-refractivity contribution in [2.45, 2.75) is 158 Å². The first-order valence-electron chi connectivity index (χ1n) is 19.0. The van der Waals surface area contributed by atoms with Gasteiger partial charge in [0.05, 0.1) is 37.8 Å². The summed E-state index contributed by atoms with van der Waals surface area (Å²) in [6.07, 6.45) is -7.25. The molecule has 55 heavy (non-hydrogen) atoms. The van der Waals surface area contributed by atoms with Crippen LogP contribution >= 0.6 is 0 Å². The Bertz CT molecular complexity index is 1350. The van der Waals surface area contributed by atoms with Gasteiger partial charge in [0.25, 0.3) is 5.91 Å². The lowest BCUT2D eigenvalue weighted by Crippen LogP contribution is -2.70. The second kappa shape index (κ2) is 18.2. The van der Waals surface area contributed by atoms with E-state index in [2.05, 4.69) is 16.0 Å². The first kappa shape index (κ1) is 44.9. The highest BCUT2D eigenvalue weighted by atomic mass is 16.7. The van der Waals surface area contributed by atoms with Gasteiger partial charge in [-0.1, -0.05) is 0 Å². The average molecular weight is 789 g/mol. The molecule has 0 aromatic rings. The van der Waals surface area contributed by atoms with E-state index in [0.29, 0.717) is 24.6 Å². The van der Waals surface area contributed by atoms with Gasteiger partial charge in [0.15, 0.2) is 6.29 Å². The maximum atomic E-state index is 13.3. The molecule has 2 aliphatic heterocycles. The van der Waals surface area contributed by atoms with Crippen molar-refractivity contribution in [2.24, 2.45) is 17.4 Å². The van der Waals surface area contributed by atoms with E-state index in [0.717, 1.165) is 11.4 Å². The van der Waals surface area contributed by atoms with Crippen LogP contribution in [-0.2, 0) is 33.2 Å². The number of alkyl carbamates (subject to hydrolysis) is 1. The smallest absolute Gasteiger partial charge is 0.410 e. The number of aliphatic hydroxyl groups excluding tert-OH is 3. The predicted octanol–water partition coefficient (Wildman–Crippen LogP) is -1.12. The number of hydrogen-bond acceptors (Lipinski definition) is 16. The third-order valence-electron chi connectivity index (χ3n) is 9.61. The van der Waals surface area contributed by atoms with Crippen molar-refractivity contribution in [3.8, 4) is 0 Å². The van der Waals surface area contributed by atoms with E-state index in [1.54, 1.807) is 41.5 Å². The SMILES string of the molecule is CN(C(=O)OC(C)(C)C)[C@@H]1[C@@H](O)[C@@H](O[C@@H]2[C@@H](O)[C@H](O[C@H]3OC(CNCC4CC4)=CC[C@H]3N)[C@@H](N)C[C@H]2NC(=O)[C@@H](O)CNC(=O)OC(C)(C)C)OC[C@]1(C)O. The fourth-order valence-corrected chi connectivity index (χ4v) is 6.71. The van der Waals surface area contributed by atoms with Crippen molar-refractivity contribution in [2.75, 3.05) is 33.3 Å². The summed E-state index contributed by atoms with van der Waals surface area (Å²) in [5.74, 6) is 0.353. The van der Waals surface area contributed by atoms with E-state index in [1.807, 2.05) is 6.08 Å². The molecule has 2 heterocycles. The maximum absolute atomic E-state index is 13.3. The van der Waals surface area contributed by atoms with Crippen molar-refractivity contribution < 1.29 is 63.2 Å². The first-order valence-corrected chi connectivity index (χ1v) is 19.0. The second-order valence-corrected chi connectivity index (χ2v) is 17.3. The highest BCUT2D eigenvalue weighted by Crippen LogP contribution is 2.34. The first-order chi connectivity index (χ1) is 25.5. The van der Waals surface area contributed by atoms with Crippen LogP contribution in [0.2, 0.25) is 0 Å². The molecular formula is C36H64N6O13. The van der Waals surface area contributed by atoms with Crippen LogP contribution in [0, 0.1) is 5.92 Å². The van der Waals surface area contributed by atoms with Crippen LogP contribution in [0.25, 0.3) is 0 Å². The predicted molar refractivity (Wildman–Crippen MR) is 196 cm³/mol. The molecule has 4 aliphatic rings. The Morgan fingerprint density at radius 2 is 1.64 bits per heavy atom. The molecule has 19 nitrogen and oxygen atoms in total. The van der Waals surface area contributed by atoms with Gasteiger partial charge in [0, 0.05) is 13.1 Å². The molecule has 12 atom stereocenters. The quantitative estimate of drug-likeness (QED) is 0.107. The van der Waals surface area contributed by atoms with Gasteiger partial charge in [-0.25, -0.2) is 9.59 Å². The number of carbonyl (C=O) groups excluding carboxylic acids is 3. The largest absolute Gasteiger partial charge is 0.467 e. The van der Waals surface area contributed by atoms with Crippen LogP contribution < -0.4 is 27.4 Å². The molecule has 2 aliphatic carbocycles. The molecule has 0 aromatic heterocycles. The van der Waals surface area contributed by atoms with Gasteiger partial charge in [0.2, 0.25) is 6.29 Å². The summed E-state index contributed by atoms with van der Waals surface area (Å²) in [7, 11) is 1.35. The van der Waals surface area contributed by atoms with Crippen molar-refractivity contribution >= 4 is 18.1 Å². The summed E-state index contributed by atoms with van der Waals surface area (Å²) in [6, 6.07) is -3.96. The summed E-state index contributed by atoms with van der Waals surface area (Å²) in [4.78, 5) is 39.5. The lowest BCUT2D eigenvalue weighted by molar-refractivity contribution is -0.310.